The van der Waals surface area contributed by atoms with Gasteiger partial charge in [0.1, 0.15) is 11.6 Å². The monoisotopic (exact) mass is 467 g/mol. The molecular weight excluding hydrogens is 444 g/mol. The number of nitrogens with one attached hydrogen (secondary N) is 2. The van der Waals surface area contributed by atoms with E-state index in [1.807, 2.05) is 18.2 Å². The van der Waals surface area contributed by atoms with Gasteiger partial charge in [-0.2, -0.15) is 0 Å². The average molecular weight is 468 g/mol. The molecule has 0 radical (unpaired) electrons. The van der Waals surface area contributed by atoms with Crippen LogP contribution >= 0.6 is 11.6 Å². The van der Waals surface area contributed by atoms with Crippen LogP contribution in [0, 0.1) is 11.6 Å². The lowest BCUT2D eigenvalue weighted by molar-refractivity contribution is 0.0956. The first kappa shape index (κ1) is 21.9. The van der Waals surface area contributed by atoms with E-state index in [4.69, 9.17) is 11.6 Å². The SMILES string of the molecule is CCNC(=O)c1cccc(F)c1-c1c(Cl)c(F)cc2c1C[C@]1(c3ccccc3)CNCCN21. The first-order valence-electron chi connectivity index (χ1n) is 11.1. The highest BCUT2D eigenvalue weighted by molar-refractivity contribution is 6.34. The van der Waals surface area contributed by atoms with Gasteiger partial charge in [0.15, 0.2) is 0 Å². The molecule has 4 nitrogen and oxygen atoms in total. The number of rotatable bonds is 4. The Balaban J connectivity index is 1.77. The maximum atomic E-state index is 15.3. The number of amides is 1. The molecular formula is C26H24ClF2N3O. The number of fused-ring (bicyclic) bond motifs is 3. The van der Waals surface area contributed by atoms with Crippen LogP contribution in [0.2, 0.25) is 5.02 Å². The predicted octanol–water partition coefficient (Wildman–Crippen LogP) is 4.90. The number of halogens is 3. The van der Waals surface area contributed by atoms with Crippen molar-refractivity contribution in [3.63, 3.8) is 0 Å². The molecule has 0 spiro atoms. The number of carbonyl (C=O) groups excluding carboxylic acids is 1. The molecule has 0 saturated carbocycles. The second-order valence-corrected chi connectivity index (χ2v) is 8.85. The highest BCUT2D eigenvalue weighted by Gasteiger charge is 2.48. The molecule has 3 aromatic rings. The second kappa shape index (κ2) is 8.43. The minimum absolute atomic E-state index is 0.0419. The van der Waals surface area contributed by atoms with Crippen LogP contribution in [0.3, 0.4) is 0 Å². The molecule has 0 aromatic heterocycles. The first-order chi connectivity index (χ1) is 16.0. The normalized spacial score (nSPS) is 19.2. The summed E-state index contributed by atoms with van der Waals surface area (Å²) in [6.45, 7) is 4.25. The summed E-state index contributed by atoms with van der Waals surface area (Å²) in [4.78, 5) is 15.0. The molecule has 2 N–H and O–H groups in total. The van der Waals surface area contributed by atoms with Crippen LogP contribution in [0.15, 0.2) is 54.6 Å². The molecule has 2 aliphatic heterocycles. The van der Waals surface area contributed by atoms with Gasteiger partial charge < -0.3 is 15.5 Å². The van der Waals surface area contributed by atoms with Crippen molar-refractivity contribution in [2.24, 2.45) is 0 Å². The van der Waals surface area contributed by atoms with Gasteiger partial charge in [-0.1, -0.05) is 48.0 Å². The van der Waals surface area contributed by atoms with E-state index in [0.717, 1.165) is 17.7 Å². The van der Waals surface area contributed by atoms with Gasteiger partial charge in [0, 0.05) is 49.4 Å². The van der Waals surface area contributed by atoms with Crippen molar-refractivity contribution < 1.29 is 13.6 Å². The molecule has 0 bridgehead atoms. The van der Waals surface area contributed by atoms with Gasteiger partial charge in [-0.3, -0.25) is 4.79 Å². The molecule has 0 unspecified atom stereocenters. The molecule has 2 aliphatic rings. The quantitative estimate of drug-likeness (QED) is 0.574. The number of piperazine rings is 1. The number of anilines is 1. The number of carbonyl (C=O) groups is 1. The molecule has 2 heterocycles. The van der Waals surface area contributed by atoms with Crippen molar-refractivity contribution in [1.29, 1.82) is 0 Å². The molecule has 170 valence electrons. The summed E-state index contributed by atoms with van der Waals surface area (Å²) in [5, 5.41) is 6.03. The lowest BCUT2D eigenvalue weighted by Gasteiger charge is -2.45. The van der Waals surface area contributed by atoms with Gasteiger partial charge >= 0.3 is 0 Å². The maximum Gasteiger partial charge on any atom is 0.252 e. The molecule has 0 aliphatic carbocycles. The first-order valence-corrected chi connectivity index (χ1v) is 11.5. The fourth-order valence-corrected chi connectivity index (χ4v) is 5.52. The Morgan fingerprint density at radius 1 is 1.12 bits per heavy atom. The number of hydrogen-bond acceptors (Lipinski definition) is 3. The van der Waals surface area contributed by atoms with Crippen LogP contribution < -0.4 is 15.5 Å². The average Bonchev–Trinajstić information content (AvgIpc) is 3.16. The van der Waals surface area contributed by atoms with Crippen molar-refractivity contribution in [2.75, 3.05) is 31.1 Å². The zero-order chi connectivity index (χ0) is 23.2. The molecule has 5 rings (SSSR count). The molecule has 33 heavy (non-hydrogen) atoms. The van der Waals surface area contributed by atoms with Crippen molar-refractivity contribution >= 4 is 23.2 Å². The third-order valence-corrected chi connectivity index (χ3v) is 7.04. The van der Waals surface area contributed by atoms with Crippen LogP contribution in [-0.2, 0) is 12.0 Å². The highest BCUT2D eigenvalue weighted by atomic mass is 35.5. The maximum absolute atomic E-state index is 15.3. The smallest absolute Gasteiger partial charge is 0.252 e. The minimum atomic E-state index is -0.627. The number of benzene rings is 3. The Kier molecular flexibility index (Phi) is 5.59. The highest BCUT2D eigenvalue weighted by Crippen LogP contribution is 2.52. The van der Waals surface area contributed by atoms with Crippen molar-refractivity contribution in [1.82, 2.24) is 10.6 Å². The van der Waals surface area contributed by atoms with E-state index in [1.165, 1.54) is 18.2 Å². The summed E-state index contributed by atoms with van der Waals surface area (Å²) >= 11 is 6.52. The zero-order valence-corrected chi connectivity index (χ0v) is 19.0. The van der Waals surface area contributed by atoms with Gasteiger partial charge in [0.05, 0.1) is 16.1 Å². The van der Waals surface area contributed by atoms with Gasteiger partial charge in [-0.05, 0) is 36.2 Å². The van der Waals surface area contributed by atoms with Crippen molar-refractivity contribution in [2.45, 2.75) is 18.9 Å². The summed E-state index contributed by atoms with van der Waals surface area (Å²) < 4.78 is 30.5. The van der Waals surface area contributed by atoms with Gasteiger partial charge in [0.2, 0.25) is 0 Å². The third-order valence-electron chi connectivity index (χ3n) is 6.67. The second-order valence-electron chi connectivity index (χ2n) is 8.47. The van der Waals surface area contributed by atoms with Crippen molar-refractivity contribution in [3.05, 3.63) is 87.9 Å². The predicted molar refractivity (Wildman–Crippen MR) is 127 cm³/mol. The van der Waals surface area contributed by atoms with E-state index in [0.29, 0.717) is 31.7 Å². The van der Waals surface area contributed by atoms with Gasteiger partial charge in [0.25, 0.3) is 5.91 Å². The molecule has 1 saturated heterocycles. The number of hydrogen-bond donors (Lipinski definition) is 2. The summed E-state index contributed by atoms with van der Waals surface area (Å²) in [5.74, 6) is -1.65. The molecule has 1 atom stereocenters. The van der Waals surface area contributed by atoms with Crippen LogP contribution in [0.5, 0.6) is 0 Å². The number of nitrogens with zero attached hydrogens (tertiary/aromatic N) is 1. The van der Waals surface area contributed by atoms with E-state index in [-0.39, 0.29) is 21.7 Å². The minimum Gasteiger partial charge on any atom is -0.359 e. The van der Waals surface area contributed by atoms with E-state index in [1.54, 1.807) is 13.0 Å². The van der Waals surface area contributed by atoms with Crippen molar-refractivity contribution in [3.8, 4) is 11.1 Å². The molecule has 7 heteroatoms. The fraction of sp³-hybridized carbons (Fsp3) is 0.269. The summed E-state index contributed by atoms with van der Waals surface area (Å²) in [6, 6.07) is 15.8. The summed E-state index contributed by atoms with van der Waals surface area (Å²) in [6.07, 6.45) is 0.512. The lowest BCUT2D eigenvalue weighted by Crippen LogP contribution is -2.57. The Hall–Kier alpha value is -2.96. The Morgan fingerprint density at radius 3 is 2.67 bits per heavy atom. The molecule has 1 fully saturated rings. The third kappa shape index (κ3) is 3.40. The van der Waals surface area contributed by atoms with Crippen LogP contribution in [-0.4, -0.2) is 32.1 Å². The zero-order valence-electron chi connectivity index (χ0n) is 18.2. The van der Waals surface area contributed by atoms with Crippen LogP contribution in [0.25, 0.3) is 11.1 Å². The van der Waals surface area contributed by atoms with Crippen LogP contribution in [0.4, 0.5) is 14.5 Å². The van der Waals surface area contributed by atoms with E-state index < -0.39 is 23.1 Å². The Bertz CT molecular complexity index is 1230. The van der Waals surface area contributed by atoms with E-state index in [9.17, 15) is 4.79 Å². The van der Waals surface area contributed by atoms with Crippen LogP contribution in [0.1, 0.15) is 28.4 Å². The fourth-order valence-electron chi connectivity index (χ4n) is 5.26. The molecule has 1 amide bonds. The van der Waals surface area contributed by atoms with Gasteiger partial charge in [-0.25, -0.2) is 8.78 Å². The lowest BCUT2D eigenvalue weighted by atomic mass is 9.83. The topological polar surface area (TPSA) is 44.4 Å². The Labute approximate surface area is 196 Å². The molecule has 3 aromatic carbocycles. The standard InChI is InChI=1S/C26H24ClF2N3O/c1-2-31-25(33)17-9-6-10-19(28)22(17)23-18-14-26(16-7-4-3-5-8-16)15-30-11-12-32(26)21(18)13-20(29)24(23)27/h3-10,13,30H,2,11-12,14-15H2,1H3,(H,31,33)/t26-/m1/s1. The van der Waals surface area contributed by atoms with Gasteiger partial charge in [-0.15, -0.1) is 0 Å². The largest absolute Gasteiger partial charge is 0.359 e. The Morgan fingerprint density at radius 2 is 1.91 bits per heavy atom. The van der Waals surface area contributed by atoms with E-state index in [2.05, 4.69) is 27.7 Å². The summed E-state index contributed by atoms with van der Waals surface area (Å²) in [5.41, 5.74) is 2.53. The summed E-state index contributed by atoms with van der Waals surface area (Å²) in [7, 11) is 0. The van der Waals surface area contributed by atoms with E-state index >= 15 is 8.78 Å².